The summed E-state index contributed by atoms with van der Waals surface area (Å²) in [5.74, 6) is 0. The van der Waals surface area contributed by atoms with Crippen molar-refractivity contribution in [2.75, 3.05) is 19.8 Å². The van der Waals surface area contributed by atoms with Gasteiger partial charge in [-0.2, -0.15) is 0 Å². The molecular weight excluding hydrogens is 500 g/mol. The molecule has 17 nitrogen and oxygen atoms in total. The summed E-state index contributed by atoms with van der Waals surface area (Å²) in [5, 5.41) is 99.8. The number of ether oxygens (including phenoxy) is 6. The van der Waals surface area contributed by atoms with Gasteiger partial charge in [-0.1, -0.05) is 0 Å². The van der Waals surface area contributed by atoms with Crippen LogP contribution in [0.15, 0.2) is 0 Å². The predicted molar refractivity (Wildman–Crippen MR) is 106 cm³/mol. The lowest BCUT2D eigenvalue weighted by Gasteiger charge is -2.48. The van der Waals surface area contributed by atoms with Crippen molar-refractivity contribution in [2.45, 2.75) is 92.1 Å². The highest BCUT2D eigenvalue weighted by atomic mass is 16.8. The largest absolute Gasteiger partial charge is 0.435 e. The van der Waals surface area contributed by atoms with Crippen molar-refractivity contribution in [1.29, 1.82) is 0 Å². The van der Waals surface area contributed by atoms with E-state index in [0.29, 0.717) is 0 Å². The molecule has 0 spiro atoms. The van der Waals surface area contributed by atoms with Gasteiger partial charge in [0, 0.05) is 0 Å². The minimum absolute atomic E-state index is 0.0641. The van der Waals surface area contributed by atoms with Gasteiger partial charge in [-0.25, -0.2) is 0 Å². The van der Waals surface area contributed by atoms with Gasteiger partial charge in [-0.05, 0) is 0 Å². The van der Waals surface area contributed by atoms with Crippen LogP contribution in [0.25, 0.3) is 0 Å². The van der Waals surface area contributed by atoms with Crippen molar-refractivity contribution < 1.29 is 84.3 Å². The molecule has 0 aromatic carbocycles. The molecule has 10 N–H and O–H groups in total. The van der Waals surface area contributed by atoms with Gasteiger partial charge >= 0.3 is 0 Å². The van der Waals surface area contributed by atoms with Crippen LogP contribution in [-0.2, 0) is 33.2 Å². The topological polar surface area (TPSA) is 275 Å². The van der Waals surface area contributed by atoms with Gasteiger partial charge in [0.2, 0.25) is 6.29 Å². The zero-order valence-electron chi connectivity index (χ0n) is 18.7. The highest BCUT2D eigenvalue weighted by molar-refractivity contribution is 5.37. The molecule has 3 rings (SSSR count). The van der Waals surface area contributed by atoms with Crippen LogP contribution in [0.5, 0.6) is 0 Å². The molecule has 0 aromatic rings. The van der Waals surface area contributed by atoms with Gasteiger partial charge in [0.25, 0.3) is 6.47 Å². The van der Waals surface area contributed by atoms with Crippen LogP contribution in [0.1, 0.15) is 0 Å². The van der Waals surface area contributed by atoms with E-state index in [-0.39, 0.29) is 6.47 Å². The molecular formula is C19H32O17. The van der Waals surface area contributed by atoms with E-state index in [1.54, 1.807) is 0 Å². The summed E-state index contributed by atoms with van der Waals surface area (Å²) in [7, 11) is 0. The Bertz CT molecular complexity index is 695. The first-order valence-corrected chi connectivity index (χ1v) is 11.0. The average molecular weight is 532 g/mol. The van der Waals surface area contributed by atoms with Crippen LogP contribution < -0.4 is 0 Å². The Balaban J connectivity index is 1.89. The Hall–Kier alpha value is -1.13. The monoisotopic (exact) mass is 532 g/mol. The molecule has 3 aliphatic rings. The minimum Gasteiger partial charge on any atom is -0.435 e. The zero-order valence-corrected chi connectivity index (χ0v) is 18.7. The van der Waals surface area contributed by atoms with Crippen molar-refractivity contribution in [2.24, 2.45) is 0 Å². The first-order chi connectivity index (χ1) is 17.1. The molecule has 0 radical (unpaired) electrons. The highest BCUT2D eigenvalue weighted by Crippen LogP contribution is 2.33. The third-order valence-electron chi connectivity index (χ3n) is 6.27. The van der Waals surface area contributed by atoms with Crippen molar-refractivity contribution in [1.82, 2.24) is 0 Å². The Morgan fingerprint density at radius 1 is 0.528 bits per heavy atom. The number of carbonyl (C=O) groups is 1. The van der Waals surface area contributed by atoms with E-state index in [0.717, 1.165) is 0 Å². The Labute approximate surface area is 203 Å². The lowest BCUT2D eigenvalue weighted by atomic mass is 9.96. The quantitative estimate of drug-likeness (QED) is 0.123. The van der Waals surface area contributed by atoms with E-state index in [1.807, 2.05) is 0 Å². The standard InChI is InChI=1S/C19H32O17/c20-1-5-8(24)11(27)13(29)17(32-5)35-15-10(26)7(3-22)34-19(31-4-23)16(15)36-18-14(30)12(28)9(25)6(2-21)33-18/h4-22,24-30H,1-3H2. The van der Waals surface area contributed by atoms with Crippen LogP contribution in [-0.4, -0.2) is 169 Å². The van der Waals surface area contributed by atoms with E-state index in [9.17, 15) is 55.9 Å². The van der Waals surface area contributed by atoms with Crippen molar-refractivity contribution in [3.8, 4) is 0 Å². The third-order valence-corrected chi connectivity index (χ3v) is 6.27. The summed E-state index contributed by atoms with van der Waals surface area (Å²) in [4.78, 5) is 11.1. The molecule has 0 amide bonds. The molecule has 0 saturated carbocycles. The fourth-order valence-corrected chi connectivity index (χ4v) is 4.18. The molecule has 0 aromatic heterocycles. The maximum absolute atomic E-state index is 11.1. The molecule has 15 unspecified atom stereocenters. The van der Waals surface area contributed by atoms with Crippen LogP contribution in [0, 0.1) is 0 Å². The third kappa shape index (κ3) is 5.80. The maximum atomic E-state index is 11.1. The molecule has 0 aliphatic carbocycles. The molecule has 3 saturated heterocycles. The number of hydrogen-bond donors (Lipinski definition) is 10. The molecule has 3 aliphatic heterocycles. The normalized spacial score (nSPS) is 50.0. The fraction of sp³-hybridized carbons (Fsp3) is 0.947. The number of aliphatic hydroxyl groups excluding tert-OH is 10. The lowest BCUT2D eigenvalue weighted by molar-refractivity contribution is -0.387. The SMILES string of the molecule is O=COC1OC(CO)C(O)C(OC2OC(CO)C(O)C(O)C2O)C1OC1OC(CO)C(O)C(O)C1O. The number of aliphatic hydroxyl groups is 10. The molecule has 36 heavy (non-hydrogen) atoms. The highest BCUT2D eigenvalue weighted by Gasteiger charge is 2.54. The first kappa shape index (κ1) is 29.4. The Kier molecular flexibility index (Phi) is 10.3. The summed E-state index contributed by atoms with van der Waals surface area (Å²) >= 11 is 0. The fourth-order valence-electron chi connectivity index (χ4n) is 4.18. The van der Waals surface area contributed by atoms with E-state index < -0.39 is 112 Å². The molecule has 210 valence electrons. The average Bonchev–Trinajstić information content (AvgIpc) is 2.87. The minimum atomic E-state index is -1.92. The number of rotatable bonds is 9. The van der Waals surface area contributed by atoms with E-state index in [4.69, 9.17) is 28.4 Å². The molecule has 3 fully saturated rings. The van der Waals surface area contributed by atoms with Crippen LogP contribution in [0.3, 0.4) is 0 Å². The second kappa shape index (κ2) is 12.6. The van der Waals surface area contributed by atoms with Gasteiger partial charge in [-0.3, -0.25) is 4.79 Å². The van der Waals surface area contributed by atoms with Crippen LogP contribution in [0.2, 0.25) is 0 Å². The van der Waals surface area contributed by atoms with Gasteiger partial charge in [-0.15, -0.1) is 0 Å². The van der Waals surface area contributed by atoms with Gasteiger partial charge in [0.15, 0.2) is 18.7 Å². The van der Waals surface area contributed by atoms with E-state index >= 15 is 0 Å². The summed E-state index contributed by atoms with van der Waals surface area (Å²) < 4.78 is 31.9. The number of hydrogen-bond acceptors (Lipinski definition) is 17. The molecule has 3 heterocycles. The maximum Gasteiger partial charge on any atom is 0.295 e. The second-order valence-corrected chi connectivity index (χ2v) is 8.54. The lowest BCUT2D eigenvalue weighted by Crippen LogP contribution is -2.67. The first-order valence-electron chi connectivity index (χ1n) is 11.0. The van der Waals surface area contributed by atoms with Gasteiger partial charge in [0.05, 0.1) is 19.8 Å². The predicted octanol–water partition coefficient (Wildman–Crippen LogP) is -7.39. The van der Waals surface area contributed by atoms with Crippen LogP contribution >= 0.6 is 0 Å². The molecule has 17 heteroatoms. The summed E-state index contributed by atoms with van der Waals surface area (Å²) in [6.07, 6.45) is -25.8. The number of carbonyl (C=O) groups excluding carboxylic acids is 1. The summed E-state index contributed by atoms with van der Waals surface area (Å²) in [6.45, 7) is -2.46. The van der Waals surface area contributed by atoms with Crippen molar-refractivity contribution in [3.63, 3.8) is 0 Å². The summed E-state index contributed by atoms with van der Waals surface area (Å²) in [5.41, 5.74) is 0. The van der Waals surface area contributed by atoms with Crippen LogP contribution in [0.4, 0.5) is 0 Å². The summed E-state index contributed by atoms with van der Waals surface area (Å²) in [6, 6.07) is 0. The second-order valence-electron chi connectivity index (χ2n) is 8.54. The smallest absolute Gasteiger partial charge is 0.295 e. The Morgan fingerprint density at radius 2 is 0.917 bits per heavy atom. The molecule has 0 bridgehead atoms. The van der Waals surface area contributed by atoms with E-state index in [2.05, 4.69) is 0 Å². The molecule has 15 atom stereocenters. The van der Waals surface area contributed by atoms with Crippen molar-refractivity contribution >= 4 is 6.47 Å². The Morgan fingerprint density at radius 3 is 1.33 bits per heavy atom. The zero-order chi connectivity index (χ0) is 26.7. The van der Waals surface area contributed by atoms with Gasteiger partial charge in [0.1, 0.15) is 67.1 Å². The van der Waals surface area contributed by atoms with E-state index in [1.165, 1.54) is 0 Å². The van der Waals surface area contributed by atoms with Gasteiger partial charge < -0.3 is 79.5 Å². The van der Waals surface area contributed by atoms with Crippen molar-refractivity contribution in [3.05, 3.63) is 0 Å².